The average Bonchev–Trinajstić information content (AvgIpc) is 2.35. The second kappa shape index (κ2) is 7.42. The van der Waals surface area contributed by atoms with Gasteiger partial charge in [0.25, 0.3) is 0 Å². The van der Waals surface area contributed by atoms with Crippen LogP contribution in [0.4, 0.5) is 0 Å². The summed E-state index contributed by atoms with van der Waals surface area (Å²) in [5.41, 5.74) is 0.941. The van der Waals surface area contributed by atoms with Gasteiger partial charge in [-0.3, -0.25) is 14.6 Å². The van der Waals surface area contributed by atoms with E-state index in [2.05, 4.69) is 4.98 Å². The van der Waals surface area contributed by atoms with Crippen LogP contribution in [0.15, 0.2) is 24.5 Å². The van der Waals surface area contributed by atoms with Crippen LogP contribution in [0.25, 0.3) is 0 Å². The van der Waals surface area contributed by atoms with Crippen LogP contribution < -0.4 is 0 Å². The van der Waals surface area contributed by atoms with E-state index in [1.54, 1.807) is 24.2 Å². The fraction of sp³-hybridized carbons (Fsp3) is 0.462. The number of nitrogens with zero attached hydrogens (tertiary/aromatic N) is 2. The number of carbonyl (C=O) groups excluding carboxylic acids is 2. The summed E-state index contributed by atoms with van der Waals surface area (Å²) < 4.78 is 4.83. The first kappa shape index (κ1) is 14.2. The molecule has 0 saturated heterocycles. The molecule has 1 heterocycles. The van der Waals surface area contributed by atoms with Crippen molar-refractivity contribution < 1.29 is 14.3 Å². The van der Waals surface area contributed by atoms with E-state index >= 15 is 0 Å². The van der Waals surface area contributed by atoms with Gasteiger partial charge in [0, 0.05) is 32.4 Å². The number of ether oxygens (including phenoxy) is 1. The lowest BCUT2D eigenvalue weighted by molar-refractivity contribution is -0.144. The molecule has 1 amide bonds. The highest BCUT2D eigenvalue weighted by Crippen LogP contribution is 2.04. The minimum Gasteiger partial charge on any atom is -0.466 e. The third-order valence-electron chi connectivity index (χ3n) is 2.43. The summed E-state index contributed by atoms with van der Waals surface area (Å²) in [6.07, 6.45) is 3.61. The van der Waals surface area contributed by atoms with Gasteiger partial charge < -0.3 is 9.64 Å². The first-order valence-electron chi connectivity index (χ1n) is 5.93. The molecule has 0 unspecified atom stereocenters. The smallest absolute Gasteiger partial charge is 0.307 e. The Morgan fingerprint density at radius 1 is 1.44 bits per heavy atom. The van der Waals surface area contributed by atoms with Crippen LogP contribution in [0, 0.1) is 0 Å². The van der Waals surface area contributed by atoms with E-state index in [1.807, 2.05) is 12.1 Å². The van der Waals surface area contributed by atoms with Crippen LogP contribution in [0.3, 0.4) is 0 Å². The van der Waals surface area contributed by atoms with E-state index in [4.69, 9.17) is 4.74 Å². The number of aromatic nitrogens is 1. The fourth-order valence-corrected chi connectivity index (χ4v) is 1.52. The highest BCUT2D eigenvalue weighted by molar-refractivity contribution is 5.75. The molecule has 0 aromatic carbocycles. The monoisotopic (exact) mass is 250 g/mol. The first-order chi connectivity index (χ1) is 8.63. The van der Waals surface area contributed by atoms with E-state index in [1.165, 1.54) is 6.92 Å². The third-order valence-corrected chi connectivity index (χ3v) is 2.43. The number of hydrogen-bond acceptors (Lipinski definition) is 4. The largest absolute Gasteiger partial charge is 0.466 e. The lowest BCUT2D eigenvalue weighted by Crippen LogP contribution is -2.30. The van der Waals surface area contributed by atoms with E-state index in [0.29, 0.717) is 19.7 Å². The molecule has 18 heavy (non-hydrogen) atoms. The topological polar surface area (TPSA) is 59.5 Å². The second-order valence-electron chi connectivity index (χ2n) is 3.86. The second-order valence-corrected chi connectivity index (χ2v) is 3.86. The molecule has 0 fully saturated rings. The first-order valence-corrected chi connectivity index (χ1v) is 5.93. The van der Waals surface area contributed by atoms with Crippen LogP contribution in [0.5, 0.6) is 0 Å². The van der Waals surface area contributed by atoms with Gasteiger partial charge in [-0.15, -0.1) is 0 Å². The van der Waals surface area contributed by atoms with Gasteiger partial charge in [0.05, 0.1) is 13.0 Å². The average molecular weight is 250 g/mol. The van der Waals surface area contributed by atoms with Crippen molar-refractivity contribution in [2.45, 2.75) is 26.8 Å². The molecule has 98 valence electrons. The molecule has 0 radical (unpaired) electrons. The molecule has 0 bridgehead atoms. The lowest BCUT2D eigenvalue weighted by atomic mass is 10.2. The van der Waals surface area contributed by atoms with Crippen molar-refractivity contribution in [2.75, 3.05) is 13.2 Å². The molecule has 0 spiro atoms. The summed E-state index contributed by atoms with van der Waals surface area (Å²) in [5, 5.41) is 0. The van der Waals surface area contributed by atoms with Crippen molar-refractivity contribution in [1.29, 1.82) is 0 Å². The van der Waals surface area contributed by atoms with Crippen LogP contribution in [0.2, 0.25) is 0 Å². The van der Waals surface area contributed by atoms with E-state index in [0.717, 1.165) is 5.56 Å². The zero-order valence-corrected chi connectivity index (χ0v) is 10.8. The summed E-state index contributed by atoms with van der Waals surface area (Å²) in [6.45, 7) is 4.44. The normalized spacial score (nSPS) is 9.89. The molecule has 0 atom stereocenters. The molecule has 0 aliphatic carbocycles. The predicted molar refractivity (Wildman–Crippen MR) is 66.6 cm³/mol. The molecule has 0 aliphatic rings. The summed E-state index contributed by atoms with van der Waals surface area (Å²) in [7, 11) is 0. The number of esters is 1. The molecular weight excluding hydrogens is 232 g/mol. The van der Waals surface area contributed by atoms with Crippen LogP contribution >= 0.6 is 0 Å². The van der Waals surface area contributed by atoms with Crippen LogP contribution in [0.1, 0.15) is 25.8 Å². The molecule has 1 aromatic heterocycles. The van der Waals surface area contributed by atoms with Crippen molar-refractivity contribution in [2.24, 2.45) is 0 Å². The van der Waals surface area contributed by atoms with Crippen molar-refractivity contribution in [3.63, 3.8) is 0 Å². The molecular formula is C13H18N2O3. The Labute approximate surface area is 107 Å². The zero-order valence-electron chi connectivity index (χ0n) is 10.8. The van der Waals surface area contributed by atoms with E-state index in [9.17, 15) is 9.59 Å². The maximum absolute atomic E-state index is 11.5. The van der Waals surface area contributed by atoms with Gasteiger partial charge in [0.2, 0.25) is 5.91 Å². The van der Waals surface area contributed by atoms with E-state index in [-0.39, 0.29) is 18.3 Å². The molecule has 5 heteroatoms. The van der Waals surface area contributed by atoms with Gasteiger partial charge in [-0.2, -0.15) is 0 Å². The Kier molecular flexibility index (Phi) is 5.84. The van der Waals surface area contributed by atoms with Crippen molar-refractivity contribution >= 4 is 11.9 Å². The summed E-state index contributed by atoms with van der Waals surface area (Å²) in [5.74, 6) is -0.349. The molecule has 0 saturated carbocycles. The number of amides is 1. The Balaban J connectivity index is 2.51. The van der Waals surface area contributed by atoms with Crippen LogP contribution in [-0.2, 0) is 20.9 Å². The maximum Gasteiger partial charge on any atom is 0.307 e. The third kappa shape index (κ3) is 4.95. The van der Waals surface area contributed by atoms with Gasteiger partial charge in [0.1, 0.15) is 0 Å². The van der Waals surface area contributed by atoms with Gasteiger partial charge >= 0.3 is 5.97 Å². The number of pyridine rings is 1. The maximum atomic E-state index is 11.5. The molecule has 0 N–H and O–H groups in total. The summed E-state index contributed by atoms with van der Waals surface area (Å²) in [6, 6.07) is 3.71. The molecule has 1 aromatic rings. The Hall–Kier alpha value is -1.91. The van der Waals surface area contributed by atoms with E-state index < -0.39 is 0 Å². The van der Waals surface area contributed by atoms with Crippen molar-refractivity contribution in [3.8, 4) is 0 Å². The summed E-state index contributed by atoms with van der Waals surface area (Å²) in [4.78, 5) is 28.3. The van der Waals surface area contributed by atoms with Gasteiger partial charge in [-0.1, -0.05) is 6.07 Å². The number of carbonyl (C=O) groups is 2. The standard InChI is InChI=1S/C13H18N2O3/c1-3-18-13(17)6-8-15(11(2)16)10-12-5-4-7-14-9-12/h4-5,7,9H,3,6,8,10H2,1-2H3. The minimum atomic E-state index is -0.282. The SMILES string of the molecule is CCOC(=O)CCN(Cc1cccnc1)C(C)=O. The quantitative estimate of drug-likeness (QED) is 0.716. The molecule has 1 rings (SSSR count). The lowest BCUT2D eigenvalue weighted by Gasteiger charge is -2.20. The zero-order chi connectivity index (χ0) is 13.4. The predicted octanol–water partition coefficient (Wildman–Crippen LogP) is 1.38. The Morgan fingerprint density at radius 2 is 2.22 bits per heavy atom. The Morgan fingerprint density at radius 3 is 2.78 bits per heavy atom. The molecule has 0 aliphatic heterocycles. The van der Waals surface area contributed by atoms with Crippen molar-refractivity contribution in [3.05, 3.63) is 30.1 Å². The van der Waals surface area contributed by atoms with Crippen LogP contribution in [-0.4, -0.2) is 34.9 Å². The minimum absolute atomic E-state index is 0.0665. The number of hydrogen-bond donors (Lipinski definition) is 0. The highest BCUT2D eigenvalue weighted by Gasteiger charge is 2.12. The summed E-state index contributed by atoms with van der Waals surface area (Å²) >= 11 is 0. The molecule has 5 nitrogen and oxygen atoms in total. The van der Waals surface area contributed by atoms with Gasteiger partial charge in [-0.25, -0.2) is 0 Å². The number of rotatable bonds is 6. The van der Waals surface area contributed by atoms with Crippen molar-refractivity contribution in [1.82, 2.24) is 9.88 Å². The Bertz CT molecular complexity index is 392. The fourth-order valence-electron chi connectivity index (χ4n) is 1.52. The van der Waals surface area contributed by atoms with Gasteiger partial charge in [-0.05, 0) is 18.6 Å². The highest BCUT2D eigenvalue weighted by atomic mass is 16.5. The van der Waals surface area contributed by atoms with Gasteiger partial charge in [0.15, 0.2) is 0 Å².